The Hall–Kier alpha value is -5.71. The van der Waals surface area contributed by atoms with Crippen LogP contribution in [-0.2, 0) is 13.0 Å². The van der Waals surface area contributed by atoms with Gasteiger partial charge in [-0.05, 0) is 77.9 Å². The normalized spacial score (nSPS) is 14.4. The van der Waals surface area contributed by atoms with Crippen LogP contribution in [0.5, 0.6) is 0 Å². The molecule has 0 fully saturated rings. The number of aromatic nitrogens is 1. The topological polar surface area (TPSA) is 29.6 Å². The number of hydrogen-bond donors (Lipinski definition) is 0. The van der Waals surface area contributed by atoms with E-state index in [1.54, 1.807) is 0 Å². The second-order valence-corrected chi connectivity index (χ2v) is 13.8. The van der Waals surface area contributed by atoms with Crippen LogP contribution in [0, 0.1) is 0 Å². The Morgan fingerprint density at radius 2 is 1.36 bits per heavy atom. The lowest BCUT2D eigenvalue weighted by Crippen LogP contribution is -2.15. The summed E-state index contributed by atoms with van der Waals surface area (Å²) in [5.41, 5.74) is 13.8. The molecule has 242 valence electrons. The highest BCUT2D eigenvalue weighted by Crippen LogP contribution is 2.49. The Morgan fingerprint density at radius 1 is 0.660 bits per heavy atom. The predicted molar refractivity (Wildman–Crippen MR) is 216 cm³/mol. The first-order valence-corrected chi connectivity index (χ1v) is 17.9. The molecule has 2 aliphatic rings. The summed E-state index contributed by atoms with van der Waals surface area (Å²) in [6, 6.07) is 49.4. The van der Waals surface area contributed by atoms with E-state index < -0.39 is 0 Å². The van der Waals surface area contributed by atoms with Gasteiger partial charge in [-0.3, -0.25) is 9.98 Å². The first kappa shape index (κ1) is 31.6. The molecule has 6 aromatic carbocycles. The van der Waals surface area contributed by atoms with Crippen LogP contribution in [0.3, 0.4) is 0 Å². The van der Waals surface area contributed by atoms with Gasteiger partial charge in [-0.15, -0.1) is 11.8 Å². The maximum absolute atomic E-state index is 4.20. The minimum Gasteiger partial charge on any atom is -0.311 e. The van der Waals surface area contributed by atoms with E-state index in [0.29, 0.717) is 11.8 Å². The van der Waals surface area contributed by atoms with Crippen LogP contribution >= 0.6 is 11.8 Å². The van der Waals surface area contributed by atoms with E-state index in [9.17, 15) is 0 Å². The Kier molecular flexibility index (Phi) is 8.85. The molecule has 3 nitrogen and oxygen atoms in total. The van der Waals surface area contributed by atoms with Gasteiger partial charge in [-0.2, -0.15) is 0 Å². The highest BCUT2D eigenvalue weighted by atomic mass is 32.2. The van der Waals surface area contributed by atoms with Gasteiger partial charge in [0.15, 0.2) is 0 Å². The van der Waals surface area contributed by atoms with Gasteiger partial charge in [-0.25, -0.2) is 0 Å². The summed E-state index contributed by atoms with van der Waals surface area (Å²) in [5, 5.41) is 3.00. The van der Waals surface area contributed by atoms with Gasteiger partial charge in [0.1, 0.15) is 0 Å². The second kappa shape index (κ2) is 14.0. The van der Waals surface area contributed by atoms with E-state index in [2.05, 4.69) is 161 Å². The third-order valence-corrected chi connectivity index (χ3v) is 11.0. The van der Waals surface area contributed by atoms with E-state index in [0.717, 1.165) is 18.5 Å². The molecule has 1 aliphatic carbocycles. The van der Waals surface area contributed by atoms with Gasteiger partial charge in [0.25, 0.3) is 0 Å². The largest absolute Gasteiger partial charge is 0.311 e. The van der Waals surface area contributed by atoms with Crippen molar-refractivity contribution >= 4 is 58.4 Å². The Morgan fingerprint density at radius 3 is 2.20 bits per heavy atom. The molecule has 1 atom stereocenters. The number of rotatable bonds is 6. The van der Waals surface area contributed by atoms with E-state index in [-0.39, 0.29) is 0 Å². The lowest BCUT2D eigenvalue weighted by Gasteiger charge is -2.29. The second-order valence-electron chi connectivity index (χ2n) is 12.6. The molecule has 1 unspecified atom stereocenters. The van der Waals surface area contributed by atoms with Gasteiger partial charge in [0.2, 0.25) is 0 Å². The molecule has 0 amide bonds. The van der Waals surface area contributed by atoms with Crippen LogP contribution in [0.1, 0.15) is 23.1 Å². The zero-order valence-electron chi connectivity index (χ0n) is 27.9. The van der Waals surface area contributed by atoms with Gasteiger partial charge in [0.05, 0.1) is 28.5 Å². The van der Waals surface area contributed by atoms with E-state index in [1.165, 1.54) is 71.3 Å². The summed E-state index contributed by atoms with van der Waals surface area (Å²) in [7, 11) is 0. The molecule has 9 rings (SSSR count). The van der Waals surface area contributed by atoms with Crippen LogP contribution in [0.25, 0.3) is 49.8 Å². The summed E-state index contributed by atoms with van der Waals surface area (Å²) in [5.74, 6) is 0. The van der Waals surface area contributed by atoms with E-state index >= 15 is 0 Å². The maximum atomic E-state index is 4.20. The van der Waals surface area contributed by atoms with Crippen LogP contribution in [-0.4, -0.2) is 23.3 Å². The molecule has 0 spiro atoms. The number of thioether (sulfide) groups is 1. The standard InChI is InChI=1S/C26H20N2S.C20H17N/c1-27-16-17-8-6-12-21-20-11-7-10-19-18-9-2-3-13-22(18)28(25(19)20)23-14-4-5-15-24(23)29-26(17)21;1-21-20-10-6-5-9-19(20)15-16-11-13-18(14-12-16)17-7-3-2-4-8-17/h2-14,24H,1,15-16H2;2-14H,1,15H2. The molecule has 0 N–H and O–H groups in total. The number of nitrogens with zero attached hydrogens (tertiary/aromatic N) is 3. The van der Waals surface area contributed by atoms with E-state index in [1.807, 2.05) is 36.0 Å². The number of benzene rings is 6. The lowest BCUT2D eigenvalue weighted by molar-refractivity contribution is 0.981. The molecule has 0 bridgehead atoms. The summed E-state index contributed by atoms with van der Waals surface area (Å²) in [6.07, 6.45) is 8.69. The Balaban J connectivity index is 0.000000153. The van der Waals surface area contributed by atoms with Gasteiger partial charge >= 0.3 is 0 Å². The quantitative estimate of drug-likeness (QED) is 0.163. The average Bonchev–Trinajstić information content (AvgIpc) is 3.51. The molecule has 1 aromatic heterocycles. The molecule has 4 heteroatoms. The third kappa shape index (κ3) is 5.93. The minimum atomic E-state index is 0.372. The number of allylic oxidation sites excluding steroid dienone is 3. The fourth-order valence-electron chi connectivity index (χ4n) is 7.23. The molecular formula is C46H37N3S. The van der Waals surface area contributed by atoms with E-state index in [4.69, 9.17) is 0 Å². The number of hydrogen-bond acceptors (Lipinski definition) is 3. The zero-order chi connectivity index (χ0) is 33.9. The van der Waals surface area contributed by atoms with Crippen molar-refractivity contribution in [2.45, 2.75) is 29.5 Å². The maximum Gasteiger partial charge on any atom is 0.0657 e. The molecule has 7 aromatic rings. The van der Waals surface area contributed by atoms with Crippen molar-refractivity contribution < 1.29 is 0 Å². The summed E-state index contributed by atoms with van der Waals surface area (Å²) in [6.45, 7) is 8.03. The average molecular weight is 664 g/mol. The summed E-state index contributed by atoms with van der Waals surface area (Å²) >= 11 is 1.97. The van der Waals surface area contributed by atoms with Crippen molar-refractivity contribution in [2.24, 2.45) is 9.98 Å². The molecule has 2 heterocycles. The lowest BCUT2D eigenvalue weighted by atomic mass is 9.99. The smallest absolute Gasteiger partial charge is 0.0657 e. The number of para-hydroxylation sites is 3. The highest BCUT2D eigenvalue weighted by molar-refractivity contribution is 8.00. The van der Waals surface area contributed by atoms with Crippen molar-refractivity contribution in [2.75, 3.05) is 0 Å². The third-order valence-electron chi connectivity index (χ3n) is 9.58. The minimum absolute atomic E-state index is 0.372. The van der Waals surface area contributed by atoms with Crippen molar-refractivity contribution in [1.29, 1.82) is 0 Å². The monoisotopic (exact) mass is 663 g/mol. The highest BCUT2D eigenvalue weighted by Gasteiger charge is 2.28. The Labute approximate surface area is 298 Å². The molecule has 0 saturated carbocycles. The molecular weight excluding hydrogens is 627 g/mol. The predicted octanol–water partition coefficient (Wildman–Crippen LogP) is 12.2. The van der Waals surface area contributed by atoms with Crippen molar-refractivity contribution in [1.82, 2.24) is 4.57 Å². The summed E-state index contributed by atoms with van der Waals surface area (Å²) in [4.78, 5) is 9.63. The molecule has 0 saturated heterocycles. The number of fused-ring (bicyclic) bond motifs is 7. The SMILES string of the molecule is C=NCc1cccc2c1SC1CC=CC=C1n1c3ccccc3c3cccc-2c31.C=Nc1ccccc1Cc1ccc(-c2ccccc2)cc1. The van der Waals surface area contributed by atoms with Crippen LogP contribution < -0.4 is 0 Å². The van der Waals surface area contributed by atoms with Crippen LogP contribution in [0.2, 0.25) is 0 Å². The first-order valence-electron chi connectivity index (χ1n) is 17.0. The van der Waals surface area contributed by atoms with Crippen molar-refractivity contribution in [3.63, 3.8) is 0 Å². The summed E-state index contributed by atoms with van der Waals surface area (Å²) < 4.78 is 2.50. The fraction of sp³-hybridized carbons (Fsp3) is 0.0870. The molecule has 1 aliphatic heterocycles. The first-order chi connectivity index (χ1) is 24.7. The number of aliphatic imine (C=N–C) groups is 2. The van der Waals surface area contributed by atoms with Gasteiger partial charge in [-0.1, -0.05) is 140 Å². The fourth-order valence-corrected chi connectivity index (χ4v) is 8.62. The van der Waals surface area contributed by atoms with Crippen LogP contribution in [0.4, 0.5) is 5.69 Å². The molecule has 0 radical (unpaired) electrons. The van der Waals surface area contributed by atoms with Crippen LogP contribution in [0.15, 0.2) is 173 Å². The zero-order valence-corrected chi connectivity index (χ0v) is 28.7. The molecule has 50 heavy (non-hydrogen) atoms. The van der Waals surface area contributed by atoms with Gasteiger partial charge < -0.3 is 4.57 Å². The van der Waals surface area contributed by atoms with Gasteiger partial charge in [0, 0.05) is 26.9 Å². The van der Waals surface area contributed by atoms with Crippen molar-refractivity contribution in [3.05, 3.63) is 174 Å². The van der Waals surface area contributed by atoms with Crippen molar-refractivity contribution in [3.8, 4) is 22.3 Å². The Bertz CT molecular complexity index is 2410.